The van der Waals surface area contributed by atoms with Gasteiger partial charge in [-0.15, -0.1) is 0 Å². The van der Waals surface area contributed by atoms with E-state index in [9.17, 15) is 9.59 Å². The molecule has 0 saturated carbocycles. The van der Waals surface area contributed by atoms with Gasteiger partial charge in [0.25, 0.3) is 0 Å². The van der Waals surface area contributed by atoms with Gasteiger partial charge in [-0.1, -0.05) is 17.7 Å². The maximum Gasteiger partial charge on any atom is 0.329 e. The predicted molar refractivity (Wildman–Crippen MR) is 52.1 cm³/mol. The van der Waals surface area contributed by atoms with E-state index in [1.807, 2.05) is 31.2 Å². The lowest BCUT2D eigenvalue weighted by molar-refractivity contribution is -0.117. The first-order valence-corrected chi connectivity index (χ1v) is 4.35. The summed E-state index contributed by atoms with van der Waals surface area (Å²) in [6.45, 7) is 2.08. The van der Waals surface area contributed by atoms with Gasteiger partial charge in [-0.05, 0) is 19.1 Å². The third kappa shape index (κ3) is 1.46. The Kier molecular flexibility index (Phi) is 1.96. The Hall–Kier alpha value is -1.84. The second kappa shape index (κ2) is 3.14. The van der Waals surface area contributed by atoms with Gasteiger partial charge in [0, 0.05) is 5.69 Å². The molecule has 0 unspecified atom stereocenters. The van der Waals surface area contributed by atoms with Crippen LogP contribution in [0.1, 0.15) is 5.56 Å². The van der Waals surface area contributed by atoms with Crippen molar-refractivity contribution in [2.24, 2.45) is 0 Å². The van der Waals surface area contributed by atoms with Gasteiger partial charge < -0.3 is 0 Å². The molecule has 4 nitrogen and oxygen atoms in total. The van der Waals surface area contributed by atoms with E-state index in [0.29, 0.717) is 0 Å². The number of carbonyl (C=O) groups is 2. The number of imide groups is 1. The van der Waals surface area contributed by atoms with E-state index in [1.165, 1.54) is 4.90 Å². The van der Waals surface area contributed by atoms with Gasteiger partial charge in [0.05, 0.1) is 0 Å². The molecular weight excluding hydrogens is 180 g/mol. The summed E-state index contributed by atoms with van der Waals surface area (Å²) in [5, 5.41) is 2.23. The number of hydrogen-bond acceptors (Lipinski definition) is 2. The molecule has 0 aromatic heterocycles. The van der Waals surface area contributed by atoms with E-state index < -0.39 is 0 Å². The number of hydrogen-bond donors (Lipinski definition) is 1. The maximum atomic E-state index is 11.3. The van der Waals surface area contributed by atoms with Crippen LogP contribution in [0.25, 0.3) is 0 Å². The summed E-state index contributed by atoms with van der Waals surface area (Å²) in [4.78, 5) is 23.6. The van der Waals surface area contributed by atoms with E-state index in [4.69, 9.17) is 0 Å². The largest absolute Gasteiger partial charge is 0.329 e. The first-order chi connectivity index (χ1) is 6.66. The van der Waals surface area contributed by atoms with Crippen molar-refractivity contribution in [2.75, 3.05) is 11.4 Å². The monoisotopic (exact) mass is 190 g/mol. The fourth-order valence-electron chi connectivity index (χ4n) is 1.37. The Morgan fingerprint density at radius 2 is 1.86 bits per heavy atom. The molecule has 2 rings (SSSR count). The molecule has 72 valence electrons. The van der Waals surface area contributed by atoms with Crippen molar-refractivity contribution in [1.29, 1.82) is 0 Å². The highest BCUT2D eigenvalue weighted by Crippen LogP contribution is 2.16. The fourth-order valence-corrected chi connectivity index (χ4v) is 1.37. The van der Waals surface area contributed by atoms with E-state index in [-0.39, 0.29) is 18.5 Å². The van der Waals surface area contributed by atoms with Crippen LogP contribution in [0.5, 0.6) is 0 Å². The molecule has 0 aliphatic carbocycles. The van der Waals surface area contributed by atoms with Gasteiger partial charge >= 0.3 is 6.03 Å². The van der Waals surface area contributed by atoms with Crippen LogP contribution in [0.3, 0.4) is 0 Å². The molecule has 0 spiro atoms. The number of anilines is 1. The van der Waals surface area contributed by atoms with E-state index in [0.717, 1.165) is 11.3 Å². The first kappa shape index (κ1) is 8.74. The van der Waals surface area contributed by atoms with E-state index >= 15 is 0 Å². The highest BCUT2D eigenvalue weighted by atomic mass is 16.2. The average Bonchev–Trinajstić information content (AvgIpc) is 2.47. The van der Waals surface area contributed by atoms with Crippen LogP contribution in [0.2, 0.25) is 0 Å². The third-order valence-corrected chi connectivity index (χ3v) is 2.14. The lowest BCUT2D eigenvalue weighted by atomic mass is 10.2. The lowest BCUT2D eigenvalue weighted by Gasteiger charge is -2.12. The normalized spacial score (nSPS) is 15.9. The number of carbonyl (C=O) groups excluding carboxylic acids is 2. The SMILES string of the molecule is Cc1ccc(N2CC(=O)NC2=O)cc1. The van der Waals surface area contributed by atoms with Crippen molar-refractivity contribution < 1.29 is 9.59 Å². The van der Waals surface area contributed by atoms with Gasteiger partial charge in [-0.25, -0.2) is 4.79 Å². The van der Waals surface area contributed by atoms with Crippen molar-refractivity contribution in [3.63, 3.8) is 0 Å². The molecule has 1 fully saturated rings. The van der Waals surface area contributed by atoms with Crippen molar-refractivity contribution in [1.82, 2.24) is 5.32 Å². The molecule has 1 aliphatic rings. The van der Waals surface area contributed by atoms with Crippen molar-refractivity contribution in [3.8, 4) is 0 Å². The number of urea groups is 1. The quantitative estimate of drug-likeness (QED) is 0.673. The Morgan fingerprint density at radius 3 is 2.36 bits per heavy atom. The van der Waals surface area contributed by atoms with Crippen LogP contribution in [-0.2, 0) is 4.79 Å². The molecule has 1 N–H and O–H groups in total. The zero-order valence-electron chi connectivity index (χ0n) is 7.78. The van der Waals surface area contributed by atoms with Crippen LogP contribution >= 0.6 is 0 Å². The van der Waals surface area contributed by atoms with Gasteiger partial charge in [0.15, 0.2) is 0 Å². The van der Waals surface area contributed by atoms with E-state index in [1.54, 1.807) is 0 Å². The smallest absolute Gasteiger partial charge is 0.285 e. The number of aryl methyl sites for hydroxylation is 1. The fraction of sp³-hybridized carbons (Fsp3) is 0.200. The molecule has 1 saturated heterocycles. The Balaban J connectivity index is 2.27. The molecule has 0 radical (unpaired) electrons. The molecule has 1 aromatic carbocycles. The minimum absolute atomic E-state index is 0.113. The van der Waals surface area contributed by atoms with Crippen LogP contribution in [-0.4, -0.2) is 18.5 Å². The number of nitrogens with one attached hydrogen (secondary N) is 1. The van der Waals surface area contributed by atoms with Gasteiger partial charge in [-0.2, -0.15) is 0 Å². The molecule has 1 aromatic rings. The summed E-state index contributed by atoms with van der Waals surface area (Å²) in [6.07, 6.45) is 0. The van der Waals surface area contributed by atoms with Crippen LogP contribution < -0.4 is 10.2 Å². The Bertz CT molecular complexity index is 384. The lowest BCUT2D eigenvalue weighted by Crippen LogP contribution is -2.27. The van der Waals surface area contributed by atoms with Crippen LogP contribution in [0, 0.1) is 6.92 Å². The summed E-state index contributed by atoms with van der Waals surface area (Å²) < 4.78 is 0. The molecule has 4 heteroatoms. The summed E-state index contributed by atoms with van der Waals surface area (Å²) in [7, 11) is 0. The summed E-state index contributed by atoms with van der Waals surface area (Å²) in [6, 6.07) is 7.12. The third-order valence-electron chi connectivity index (χ3n) is 2.14. The van der Waals surface area contributed by atoms with Gasteiger partial charge in [0.1, 0.15) is 6.54 Å². The summed E-state index contributed by atoms with van der Waals surface area (Å²) >= 11 is 0. The molecular formula is C10H10N2O2. The molecule has 0 bridgehead atoms. The standard InChI is InChI=1S/C10H10N2O2/c1-7-2-4-8(5-3-7)12-6-9(13)11-10(12)14/h2-5H,6H2,1H3,(H,11,13,14). The highest BCUT2D eigenvalue weighted by Gasteiger charge is 2.27. The zero-order valence-corrected chi connectivity index (χ0v) is 7.78. The second-order valence-electron chi connectivity index (χ2n) is 3.28. The van der Waals surface area contributed by atoms with Crippen molar-refractivity contribution in [3.05, 3.63) is 29.8 Å². The van der Waals surface area contributed by atoms with Gasteiger partial charge in [-0.3, -0.25) is 15.0 Å². The molecule has 1 aliphatic heterocycles. The number of rotatable bonds is 1. The first-order valence-electron chi connectivity index (χ1n) is 4.35. The number of nitrogens with zero attached hydrogens (tertiary/aromatic N) is 1. The molecule has 14 heavy (non-hydrogen) atoms. The van der Waals surface area contributed by atoms with E-state index in [2.05, 4.69) is 5.32 Å². The van der Waals surface area contributed by atoms with Crippen molar-refractivity contribution in [2.45, 2.75) is 6.92 Å². The summed E-state index contributed by atoms with van der Waals surface area (Å²) in [5.41, 5.74) is 1.87. The maximum absolute atomic E-state index is 11.3. The number of benzene rings is 1. The topological polar surface area (TPSA) is 49.4 Å². The predicted octanol–water partition coefficient (Wildman–Crippen LogP) is 1.05. The molecule has 1 heterocycles. The average molecular weight is 190 g/mol. The van der Waals surface area contributed by atoms with Gasteiger partial charge in [0.2, 0.25) is 5.91 Å². The Morgan fingerprint density at radius 1 is 1.21 bits per heavy atom. The minimum atomic E-state index is -0.348. The highest BCUT2D eigenvalue weighted by molar-refractivity contribution is 6.12. The minimum Gasteiger partial charge on any atom is -0.285 e. The molecule has 3 amide bonds. The Labute approximate surface area is 81.5 Å². The van der Waals surface area contributed by atoms with Crippen LogP contribution in [0.4, 0.5) is 10.5 Å². The second-order valence-corrected chi connectivity index (χ2v) is 3.28. The zero-order chi connectivity index (χ0) is 10.1. The molecule has 0 atom stereocenters. The number of amides is 3. The summed E-state index contributed by atoms with van der Waals surface area (Å²) in [5.74, 6) is -0.254. The van der Waals surface area contributed by atoms with Crippen molar-refractivity contribution >= 4 is 17.6 Å². The van der Waals surface area contributed by atoms with Crippen LogP contribution in [0.15, 0.2) is 24.3 Å².